The molecule has 0 unspecified atom stereocenters. The molecule has 0 atom stereocenters. The topological polar surface area (TPSA) is 17.0 Å². The highest BCUT2D eigenvalue weighted by Crippen LogP contribution is 2.47. The molecule has 25 heavy (non-hydrogen) atoms. The Morgan fingerprint density at radius 3 is 2.48 bits per heavy atom. The van der Waals surface area contributed by atoms with Gasteiger partial charge in [-0.05, 0) is 69.5 Å². The number of nitrogens with zero attached hydrogens (tertiary/aromatic N) is 1. The highest BCUT2D eigenvalue weighted by atomic mass is 32.1. The van der Waals surface area contributed by atoms with E-state index in [1.807, 2.05) is 0 Å². The van der Waals surface area contributed by atoms with Gasteiger partial charge in [-0.3, -0.25) is 3.96 Å². The van der Waals surface area contributed by atoms with Gasteiger partial charge in [-0.1, -0.05) is 41.9 Å². The van der Waals surface area contributed by atoms with Crippen molar-refractivity contribution in [3.05, 3.63) is 62.6 Å². The van der Waals surface area contributed by atoms with Gasteiger partial charge in [0.2, 0.25) is 0 Å². The van der Waals surface area contributed by atoms with Gasteiger partial charge in [0.1, 0.15) is 4.64 Å². The zero-order valence-corrected chi connectivity index (χ0v) is 16.9. The van der Waals surface area contributed by atoms with Crippen LogP contribution in [0.15, 0.2) is 36.4 Å². The number of fused-ring (bicyclic) bond motifs is 3. The second-order valence-electron chi connectivity index (χ2n) is 7.46. The minimum absolute atomic E-state index is 0.140. The van der Waals surface area contributed by atoms with Crippen LogP contribution in [-0.4, -0.2) is 3.96 Å². The number of hydrogen-bond acceptors (Lipinski definition) is 3. The lowest BCUT2D eigenvalue weighted by Crippen LogP contribution is -2.30. The van der Waals surface area contributed by atoms with Gasteiger partial charge in [0.15, 0.2) is 0 Å². The molecule has 4 rings (SSSR count). The van der Waals surface area contributed by atoms with Gasteiger partial charge in [-0.15, -0.1) is 0 Å². The molecule has 128 valence electrons. The molecule has 0 saturated heterocycles. The summed E-state index contributed by atoms with van der Waals surface area (Å²) < 4.78 is 3.10. The maximum Gasteiger partial charge on any atom is 0.129 e. The Labute approximate surface area is 158 Å². The number of benzene rings is 2. The molecular formula is C21H22N2S2. The van der Waals surface area contributed by atoms with E-state index < -0.39 is 0 Å². The molecule has 0 fully saturated rings. The lowest BCUT2D eigenvalue weighted by Gasteiger charge is -2.33. The Morgan fingerprint density at radius 2 is 1.76 bits per heavy atom. The first kappa shape index (κ1) is 16.6. The maximum atomic E-state index is 5.93. The van der Waals surface area contributed by atoms with Gasteiger partial charge in [0, 0.05) is 16.8 Å². The summed E-state index contributed by atoms with van der Waals surface area (Å²) in [5, 5.41) is 3.70. The van der Waals surface area contributed by atoms with Gasteiger partial charge in [-0.2, -0.15) is 0 Å². The molecule has 0 saturated carbocycles. The minimum atomic E-state index is -0.140. The van der Waals surface area contributed by atoms with Crippen molar-refractivity contribution >= 4 is 29.4 Å². The second kappa shape index (κ2) is 5.55. The summed E-state index contributed by atoms with van der Waals surface area (Å²) >= 11 is 7.68. The molecule has 0 spiro atoms. The maximum absolute atomic E-state index is 5.93. The summed E-state index contributed by atoms with van der Waals surface area (Å²) in [5.74, 6) is 0. The van der Waals surface area contributed by atoms with E-state index in [-0.39, 0.29) is 5.54 Å². The first-order valence-corrected chi connectivity index (χ1v) is 9.70. The lowest BCUT2D eigenvalue weighted by atomic mass is 9.89. The van der Waals surface area contributed by atoms with Crippen LogP contribution in [0.5, 0.6) is 0 Å². The molecule has 1 aromatic heterocycles. The Bertz CT molecular complexity index is 1050. The van der Waals surface area contributed by atoms with E-state index in [0.717, 1.165) is 10.3 Å². The molecule has 2 heterocycles. The molecule has 1 aliphatic rings. The average Bonchev–Trinajstić information content (AvgIpc) is 2.88. The number of anilines is 1. The molecule has 4 heteroatoms. The molecular weight excluding hydrogens is 344 g/mol. The summed E-state index contributed by atoms with van der Waals surface area (Å²) in [5.41, 5.74) is 8.46. The zero-order chi connectivity index (χ0) is 17.9. The fourth-order valence-electron chi connectivity index (χ4n) is 3.44. The van der Waals surface area contributed by atoms with Crippen LogP contribution < -0.4 is 5.32 Å². The standard InChI is InChI=1S/C21H22N2S2/c1-12-6-9-16-17(10-12)22-21(4,5)19-18(16)20(24)23(25-19)15-8-7-13(2)14(3)11-15/h6-11,22H,1-5H3. The Balaban J connectivity index is 2.00. The third kappa shape index (κ3) is 2.55. The summed E-state index contributed by atoms with van der Waals surface area (Å²) in [7, 11) is 0. The molecule has 1 N–H and O–H groups in total. The van der Waals surface area contributed by atoms with E-state index in [4.69, 9.17) is 12.2 Å². The van der Waals surface area contributed by atoms with E-state index in [2.05, 4.69) is 80.3 Å². The van der Waals surface area contributed by atoms with Gasteiger partial charge >= 0.3 is 0 Å². The fourth-order valence-corrected chi connectivity index (χ4v) is 5.08. The quantitative estimate of drug-likeness (QED) is 0.494. The highest BCUT2D eigenvalue weighted by molar-refractivity contribution is 7.71. The average molecular weight is 367 g/mol. The van der Waals surface area contributed by atoms with Gasteiger partial charge < -0.3 is 5.32 Å². The molecule has 1 aliphatic heterocycles. The van der Waals surface area contributed by atoms with Crippen molar-refractivity contribution in [3.8, 4) is 16.8 Å². The molecule has 0 amide bonds. The van der Waals surface area contributed by atoms with Crippen molar-refractivity contribution < 1.29 is 0 Å². The van der Waals surface area contributed by atoms with E-state index in [9.17, 15) is 0 Å². The van der Waals surface area contributed by atoms with Crippen molar-refractivity contribution in [2.75, 3.05) is 5.32 Å². The second-order valence-corrected chi connectivity index (χ2v) is 8.81. The van der Waals surface area contributed by atoms with Crippen molar-refractivity contribution in [2.45, 2.75) is 40.2 Å². The number of hydrogen-bond donors (Lipinski definition) is 1. The normalized spacial score (nSPS) is 14.6. The summed E-state index contributed by atoms with van der Waals surface area (Å²) in [4.78, 5) is 1.30. The van der Waals surface area contributed by atoms with Crippen molar-refractivity contribution in [3.63, 3.8) is 0 Å². The highest BCUT2D eigenvalue weighted by Gasteiger charge is 2.34. The Hall–Kier alpha value is -1.91. The Kier molecular flexibility index (Phi) is 3.67. The van der Waals surface area contributed by atoms with Crippen LogP contribution in [-0.2, 0) is 5.54 Å². The predicted octanol–water partition coefficient (Wildman–Crippen LogP) is 6.52. The monoisotopic (exact) mass is 366 g/mol. The van der Waals surface area contributed by atoms with Gasteiger partial charge in [0.25, 0.3) is 0 Å². The van der Waals surface area contributed by atoms with Crippen LogP contribution in [0.2, 0.25) is 0 Å². The van der Waals surface area contributed by atoms with Crippen LogP contribution in [0.1, 0.15) is 35.4 Å². The SMILES string of the molecule is Cc1ccc2c(c1)NC(C)(C)c1sn(-c3ccc(C)c(C)c3)c(=S)c1-2. The largest absolute Gasteiger partial charge is 0.375 e. The van der Waals surface area contributed by atoms with Gasteiger partial charge in [0.05, 0.1) is 16.1 Å². The molecule has 0 bridgehead atoms. The molecule has 2 aromatic carbocycles. The fraction of sp³-hybridized carbons (Fsp3) is 0.286. The molecule has 3 aromatic rings. The van der Waals surface area contributed by atoms with Crippen LogP contribution >= 0.6 is 23.8 Å². The van der Waals surface area contributed by atoms with Crippen LogP contribution in [0.25, 0.3) is 16.8 Å². The Morgan fingerprint density at radius 1 is 1.00 bits per heavy atom. The zero-order valence-electron chi connectivity index (χ0n) is 15.2. The number of aryl methyl sites for hydroxylation is 3. The third-order valence-corrected chi connectivity index (χ3v) is 6.97. The van der Waals surface area contributed by atoms with Crippen LogP contribution in [0.4, 0.5) is 5.69 Å². The summed E-state index contributed by atoms with van der Waals surface area (Å²) in [6.45, 7) is 10.9. The summed E-state index contributed by atoms with van der Waals surface area (Å²) in [6, 6.07) is 13.1. The number of rotatable bonds is 1. The minimum Gasteiger partial charge on any atom is -0.375 e. The van der Waals surface area contributed by atoms with Crippen molar-refractivity contribution in [1.82, 2.24) is 3.96 Å². The van der Waals surface area contributed by atoms with E-state index in [1.165, 1.54) is 38.4 Å². The lowest BCUT2D eigenvalue weighted by molar-refractivity contribution is 0.620. The van der Waals surface area contributed by atoms with Gasteiger partial charge in [-0.25, -0.2) is 0 Å². The molecule has 0 radical (unpaired) electrons. The third-order valence-electron chi connectivity index (χ3n) is 4.99. The van der Waals surface area contributed by atoms with E-state index >= 15 is 0 Å². The summed E-state index contributed by atoms with van der Waals surface area (Å²) in [6.07, 6.45) is 0. The number of aromatic nitrogens is 1. The smallest absolute Gasteiger partial charge is 0.129 e. The molecule has 2 nitrogen and oxygen atoms in total. The van der Waals surface area contributed by atoms with Crippen molar-refractivity contribution in [2.24, 2.45) is 0 Å². The van der Waals surface area contributed by atoms with E-state index in [0.29, 0.717) is 0 Å². The first-order valence-electron chi connectivity index (χ1n) is 8.51. The van der Waals surface area contributed by atoms with E-state index in [1.54, 1.807) is 11.5 Å². The van der Waals surface area contributed by atoms with Crippen LogP contribution in [0.3, 0.4) is 0 Å². The van der Waals surface area contributed by atoms with Crippen LogP contribution in [0, 0.1) is 25.4 Å². The first-order chi connectivity index (χ1) is 11.8. The molecule has 0 aliphatic carbocycles. The number of nitrogens with one attached hydrogen (secondary N) is 1. The van der Waals surface area contributed by atoms with Crippen molar-refractivity contribution in [1.29, 1.82) is 0 Å². The predicted molar refractivity (Wildman–Crippen MR) is 111 cm³/mol.